The van der Waals surface area contributed by atoms with Crippen LogP contribution in [-0.4, -0.2) is 29.9 Å². The standard InChI is InChI=1S/C48H32N6/c1-6-23-50-42(13-1)39-29-36(28-38(35-12-11-22-49-32-35)47(39)45-16-4-9-26-53-45)33-18-20-34(21-19-33)37-30-40(43-14-2-7-24-51-43)48(46-17-5-10-27-54-46)41(31-37)44-15-3-8-25-52-44/h1-32H. The van der Waals surface area contributed by atoms with Crippen LogP contribution in [0, 0.1) is 0 Å². The molecule has 254 valence electrons. The van der Waals surface area contributed by atoms with E-state index in [9.17, 15) is 0 Å². The predicted octanol–water partition coefficient (Wildman–Crippen LogP) is 11.4. The van der Waals surface area contributed by atoms with E-state index in [2.05, 4.69) is 65.6 Å². The van der Waals surface area contributed by atoms with Crippen LogP contribution >= 0.6 is 0 Å². The molecule has 0 saturated heterocycles. The minimum atomic E-state index is 0.864. The molecule has 0 aliphatic heterocycles. The van der Waals surface area contributed by atoms with Crippen LogP contribution in [0.3, 0.4) is 0 Å². The molecule has 0 aliphatic carbocycles. The molecule has 6 heteroatoms. The largest absolute Gasteiger partial charge is 0.264 e. The summed E-state index contributed by atoms with van der Waals surface area (Å²) in [7, 11) is 0. The highest BCUT2D eigenvalue weighted by molar-refractivity contribution is 5.97. The summed E-state index contributed by atoms with van der Waals surface area (Å²) in [5.74, 6) is 0. The van der Waals surface area contributed by atoms with Gasteiger partial charge in [-0.3, -0.25) is 29.9 Å². The van der Waals surface area contributed by atoms with Gasteiger partial charge >= 0.3 is 0 Å². The lowest BCUT2D eigenvalue weighted by Crippen LogP contribution is -1.97. The van der Waals surface area contributed by atoms with Crippen LogP contribution in [0.4, 0.5) is 0 Å². The van der Waals surface area contributed by atoms with Crippen LogP contribution < -0.4 is 0 Å². The number of rotatable bonds is 8. The molecule has 0 unspecified atom stereocenters. The van der Waals surface area contributed by atoms with E-state index in [0.29, 0.717) is 0 Å². The summed E-state index contributed by atoms with van der Waals surface area (Å²) in [6, 6.07) is 51.7. The maximum Gasteiger partial charge on any atom is 0.0715 e. The van der Waals surface area contributed by atoms with Gasteiger partial charge in [-0.25, -0.2) is 0 Å². The van der Waals surface area contributed by atoms with Crippen LogP contribution in [-0.2, 0) is 0 Å². The average molecular weight is 693 g/mol. The number of pyridine rings is 6. The summed E-state index contributed by atoms with van der Waals surface area (Å²) < 4.78 is 0. The molecule has 54 heavy (non-hydrogen) atoms. The first-order valence-corrected chi connectivity index (χ1v) is 17.7. The zero-order valence-corrected chi connectivity index (χ0v) is 29.2. The van der Waals surface area contributed by atoms with Crippen molar-refractivity contribution in [2.45, 2.75) is 0 Å². The van der Waals surface area contributed by atoms with Gasteiger partial charge in [0.2, 0.25) is 0 Å². The zero-order chi connectivity index (χ0) is 36.1. The van der Waals surface area contributed by atoms with Gasteiger partial charge in [-0.15, -0.1) is 0 Å². The molecule has 0 aliphatic rings. The number of nitrogens with zero attached hydrogens (tertiary/aromatic N) is 6. The Bertz CT molecular complexity index is 2340. The smallest absolute Gasteiger partial charge is 0.0715 e. The van der Waals surface area contributed by atoms with E-state index in [-0.39, 0.29) is 0 Å². The van der Waals surface area contributed by atoms with Crippen LogP contribution in [0.2, 0.25) is 0 Å². The molecule has 6 nitrogen and oxygen atoms in total. The molecule has 0 saturated carbocycles. The molecule has 0 spiro atoms. The van der Waals surface area contributed by atoms with Gasteiger partial charge < -0.3 is 0 Å². The summed E-state index contributed by atoms with van der Waals surface area (Å²) in [4.78, 5) is 28.4. The quantitative estimate of drug-likeness (QED) is 0.158. The second-order valence-corrected chi connectivity index (χ2v) is 12.8. The molecule has 0 amide bonds. The zero-order valence-electron chi connectivity index (χ0n) is 29.2. The lowest BCUT2D eigenvalue weighted by Gasteiger charge is -2.18. The molecule has 6 aromatic heterocycles. The Hall–Kier alpha value is -7.44. The van der Waals surface area contributed by atoms with E-state index >= 15 is 0 Å². The fourth-order valence-electron chi connectivity index (χ4n) is 6.97. The Balaban J connectivity index is 1.22. The average Bonchev–Trinajstić information content (AvgIpc) is 3.27. The van der Waals surface area contributed by atoms with Crippen LogP contribution in [0.1, 0.15) is 0 Å². The fourth-order valence-corrected chi connectivity index (χ4v) is 6.97. The first-order chi connectivity index (χ1) is 26.8. The van der Waals surface area contributed by atoms with Crippen molar-refractivity contribution in [1.82, 2.24) is 29.9 Å². The molecular formula is C48H32N6. The Morgan fingerprint density at radius 1 is 0.259 bits per heavy atom. The van der Waals surface area contributed by atoms with Gasteiger partial charge in [0, 0.05) is 76.8 Å². The second-order valence-electron chi connectivity index (χ2n) is 12.8. The number of hydrogen-bond donors (Lipinski definition) is 0. The number of aromatic nitrogens is 6. The number of benzene rings is 3. The van der Waals surface area contributed by atoms with E-state index in [0.717, 1.165) is 89.7 Å². The Morgan fingerprint density at radius 2 is 0.630 bits per heavy atom. The highest BCUT2D eigenvalue weighted by Gasteiger charge is 2.21. The summed E-state index contributed by atoms with van der Waals surface area (Å²) in [5, 5.41) is 0. The van der Waals surface area contributed by atoms with Gasteiger partial charge in [-0.1, -0.05) is 60.7 Å². The Morgan fingerprint density at radius 3 is 0.981 bits per heavy atom. The van der Waals surface area contributed by atoms with Crippen molar-refractivity contribution in [2.24, 2.45) is 0 Å². The van der Waals surface area contributed by atoms with Gasteiger partial charge in [-0.05, 0) is 119 Å². The SMILES string of the molecule is c1ccc(-c2cc(-c3ccc(-c4cc(-c5ccccn5)c(-c5ccccn5)c(-c5ccccn5)c4)cc3)cc(-c3cccnc3)c2-c2ccccn2)nc1. The van der Waals surface area contributed by atoms with Crippen LogP contribution in [0.15, 0.2) is 195 Å². The third kappa shape index (κ3) is 6.44. The first-order valence-electron chi connectivity index (χ1n) is 17.7. The molecule has 6 heterocycles. The summed E-state index contributed by atoms with van der Waals surface area (Å²) in [6.07, 6.45) is 12.9. The van der Waals surface area contributed by atoms with Crippen molar-refractivity contribution in [3.8, 4) is 89.7 Å². The molecule has 0 radical (unpaired) electrons. The van der Waals surface area contributed by atoms with E-state index < -0.39 is 0 Å². The summed E-state index contributed by atoms with van der Waals surface area (Å²) in [6.45, 7) is 0. The molecule has 9 aromatic rings. The number of hydrogen-bond acceptors (Lipinski definition) is 6. The summed E-state index contributed by atoms with van der Waals surface area (Å²) in [5.41, 5.74) is 15.6. The first kappa shape index (κ1) is 32.5. The van der Waals surface area contributed by atoms with Crippen molar-refractivity contribution in [1.29, 1.82) is 0 Å². The second kappa shape index (κ2) is 14.7. The summed E-state index contributed by atoms with van der Waals surface area (Å²) >= 11 is 0. The van der Waals surface area contributed by atoms with E-state index in [1.807, 2.05) is 128 Å². The van der Waals surface area contributed by atoms with Gasteiger partial charge in [0.25, 0.3) is 0 Å². The minimum absolute atomic E-state index is 0.864. The fraction of sp³-hybridized carbons (Fsp3) is 0. The predicted molar refractivity (Wildman–Crippen MR) is 217 cm³/mol. The van der Waals surface area contributed by atoms with Crippen molar-refractivity contribution >= 4 is 0 Å². The third-order valence-electron chi connectivity index (χ3n) is 9.47. The normalized spacial score (nSPS) is 11.0. The lowest BCUT2D eigenvalue weighted by molar-refractivity contribution is 1.28. The highest BCUT2D eigenvalue weighted by Crippen LogP contribution is 2.44. The van der Waals surface area contributed by atoms with Gasteiger partial charge in [0.15, 0.2) is 0 Å². The van der Waals surface area contributed by atoms with E-state index in [4.69, 9.17) is 24.9 Å². The molecule has 0 N–H and O–H groups in total. The van der Waals surface area contributed by atoms with Crippen molar-refractivity contribution in [3.05, 3.63) is 195 Å². The maximum atomic E-state index is 4.80. The van der Waals surface area contributed by atoms with Crippen LogP contribution in [0.25, 0.3) is 89.7 Å². The topological polar surface area (TPSA) is 77.3 Å². The van der Waals surface area contributed by atoms with Crippen molar-refractivity contribution in [3.63, 3.8) is 0 Å². The molecule has 9 rings (SSSR count). The van der Waals surface area contributed by atoms with Crippen LogP contribution in [0.5, 0.6) is 0 Å². The van der Waals surface area contributed by atoms with Gasteiger partial charge in [-0.2, -0.15) is 0 Å². The Labute approximate surface area is 313 Å². The molecule has 0 fully saturated rings. The van der Waals surface area contributed by atoms with E-state index in [1.54, 1.807) is 6.20 Å². The molecular weight excluding hydrogens is 661 g/mol. The van der Waals surface area contributed by atoms with Crippen molar-refractivity contribution < 1.29 is 0 Å². The Kier molecular flexibility index (Phi) is 8.81. The maximum absolute atomic E-state index is 4.80. The molecule has 0 bridgehead atoms. The third-order valence-corrected chi connectivity index (χ3v) is 9.47. The monoisotopic (exact) mass is 692 g/mol. The van der Waals surface area contributed by atoms with E-state index in [1.165, 1.54) is 0 Å². The highest BCUT2D eigenvalue weighted by atomic mass is 14.7. The molecule has 3 aromatic carbocycles. The van der Waals surface area contributed by atoms with Gasteiger partial charge in [0.05, 0.1) is 28.5 Å². The lowest BCUT2D eigenvalue weighted by atomic mass is 9.87. The minimum Gasteiger partial charge on any atom is -0.264 e. The van der Waals surface area contributed by atoms with Gasteiger partial charge in [0.1, 0.15) is 0 Å². The van der Waals surface area contributed by atoms with Crippen molar-refractivity contribution in [2.75, 3.05) is 0 Å². The molecule has 0 atom stereocenters.